The lowest BCUT2D eigenvalue weighted by Crippen LogP contribution is -2.25. The summed E-state index contributed by atoms with van der Waals surface area (Å²) in [6.07, 6.45) is 3.98. The standard InChI is InChI=1S/C24H23N3O3/c1-15-9-10-17(12-20(15)23(29)27-18-7-5-11-25-14-18)26-22(28)19-8-4-6-16-13-24(2,3)30-21(16)19/h4-12,14H,13H2,1-3H3,(H,26,28)(H,27,29). The number of para-hydroxylation sites is 1. The van der Waals surface area contributed by atoms with Crippen molar-refractivity contribution >= 4 is 23.2 Å². The summed E-state index contributed by atoms with van der Waals surface area (Å²) >= 11 is 0. The SMILES string of the molecule is Cc1ccc(NC(=O)c2cccc3c2OC(C)(C)C3)cc1C(=O)Nc1cccnc1. The minimum Gasteiger partial charge on any atom is -0.486 e. The minimum absolute atomic E-state index is 0.262. The van der Waals surface area contributed by atoms with E-state index in [-0.39, 0.29) is 17.4 Å². The highest BCUT2D eigenvalue weighted by atomic mass is 16.5. The number of pyridine rings is 1. The van der Waals surface area contributed by atoms with Crippen LogP contribution in [-0.2, 0) is 6.42 Å². The topological polar surface area (TPSA) is 80.3 Å². The Bertz CT molecular complexity index is 1120. The van der Waals surface area contributed by atoms with Crippen LogP contribution in [0.5, 0.6) is 5.75 Å². The first-order valence-electron chi connectivity index (χ1n) is 9.77. The van der Waals surface area contributed by atoms with Gasteiger partial charge in [-0.2, -0.15) is 0 Å². The number of nitrogens with one attached hydrogen (secondary N) is 2. The molecule has 1 aliphatic heterocycles. The molecule has 2 amide bonds. The van der Waals surface area contributed by atoms with Crippen LogP contribution in [0.4, 0.5) is 11.4 Å². The van der Waals surface area contributed by atoms with Crippen molar-refractivity contribution in [3.05, 3.63) is 83.2 Å². The summed E-state index contributed by atoms with van der Waals surface area (Å²) < 4.78 is 6.00. The van der Waals surface area contributed by atoms with Crippen molar-refractivity contribution in [2.24, 2.45) is 0 Å². The molecule has 0 fully saturated rings. The fourth-order valence-corrected chi connectivity index (χ4v) is 3.57. The van der Waals surface area contributed by atoms with Crippen molar-refractivity contribution in [1.82, 2.24) is 4.98 Å². The van der Waals surface area contributed by atoms with E-state index in [4.69, 9.17) is 4.74 Å². The van der Waals surface area contributed by atoms with E-state index in [0.717, 1.165) is 17.5 Å². The van der Waals surface area contributed by atoms with Crippen molar-refractivity contribution in [3.8, 4) is 5.75 Å². The van der Waals surface area contributed by atoms with Gasteiger partial charge in [0.1, 0.15) is 11.4 Å². The second-order valence-corrected chi connectivity index (χ2v) is 8.01. The molecule has 0 aliphatic carbocycles. The second-order valence-electron chi connectivity index (χ2n) is 8.01. The van der Waals surface area contributed by atoms with Crippen LogP contribution in [0, 0.1) is 6.92 Å². The van der Waals surface area contributed by atoms with Gasteiger partial charge in [-0.05, 0) is 62.2 Å². The number of carbonyl (C=O) groups is 2. The normalized spacial score (nSPS) is 13.8. The summed E-state index contributed by atoms with van der Waals surface area (Å²) in [5, 5.41) is 5.71. The summed E-state index contributed by atoms with van der Waals surface area (Å²) in [5.41, 5.74) is 3.60. The Hall–Kier alpha value is -3.67. The fourth-order valence-electron chi connectivity index (χ4n) is 3.57. The molecule has 0 atom stereocenters. The number of nitrogens with zero attached hydrogens (tertiary/aromatic N) is 1. The van der Waals surface area contributed by atoms with Gasteiger partial charge < -0.3 is 15.4 Å². The lowest BCUT2D eigenvalue weighted by atomic mass is 10.0. The number of benzene rings is 2. The monoisotopic (exact) mass is 401 g/mol. The molecule has 6 nitrogen and oxygen atoms in total. The Balaban J connectivity index is 1.55. The first kappa shape index (κ1) is 19.6. The molecule has 0 bridgehead atoms. The van der Waals surface area contributed by atoms with Crippen LogP contribution in [0.3, 0.4) is 0 Å². The van der Waals surface area contributed by atoms with E-state index in [1.54, 1.807) is 42.7 Å². The van der Waals surface area contributed by atoms with Gasteiger partial charge in [-0.15, -0.1) is 0 Å². The zero-order valence-electron chi connectivity index (χ0n) is 17.2. The number of aromatic nitrogens is 1. The van der Waals surface area contributed by atoms with Crippen molar-refractivity contribution in [1.29, 1.82) is 0 Å². The molecule has 3 aromatic rings. The molecule has 0 radical (unpaired) electrons. The maximum Gasteiger partial charge on any atom is 0.259 e. The highest BCUT2D eigenvalue weighted by molar-refractivity contribution is 6.09. The molecule has 6 heteroatoms. The first-order valence-corrected chi connectivity index (χ1v) is 9.77. The average Bonchev–Trinajstić information content (AvgIpc) is 3.03. The zero-order valence-corrected chi connectivity index (χ0v) is 17.2. The van der Waals surface area contributed by atoms with E-state index in [0.29, 0.717) is 28.3 Å². The predicted octanol–water partition coefficient (Wildman–Crippen LogP) is 4.61. The largest absolute Gasteiger partial charge is 0.486 e. The summed E-state index contributed by atoms with van der Waals surface area (Å²) in [4.78, 5) is 29.6. The molecule has 2 N–H and O–H groups in total. The summed E-state index contributed by atoms with van der Waals surface area (Å²) in [6.45, 7) is 5.85. The molecule has 0 saturated heterocycles. The Kier molecular flexibility index (Phi) is 4.99. The lowest BCUT2D eigenvalue weighted by molar-refractivity contribution is 0.100. The molecule has 4 rings (SSSR count). The maximum atomic E-state index is 12.9. The van der Waals surface area contributed by atoms with E-state index in [1.165, 1.54) is 0 Å². The van der Waals surface area contributed by atoms with Crippen LogP contribution in [0.15, 0.2) is 60.9 Å². The molecular formula is C24H23N3O3. The number of aryl methyl sites for hydroxylation is 1. The highest BCUT2D eigenvalue weighted by Crippen LogP contribution is 2.37. The third kappa shape index (κ3) is 4.03. The van der Waals surface area contributed by atoms with Gasteiger partial charge in [-0.25, -0.2) is 0 Å². The third-order valence-electron chi connectivity index (χ3n) is 5.00. The number of hydrogen-bond donors (Lipinski definition) is 2. The number of hydrogen-bond acceptors (Lipinski definition) is 4. The van der Waals surface area contributed by atoms with E-state index in [1.807, 2.05) is 39.0 Å². The molecule has 0 unspecified atom stereocenters. The number of anilines is 2. The van der Waals surface area contributed by atoms with Crippen LogP contribution in [0.1, 0.15) is 45.7 Å². The van der Waals surface area contributed by atoms with Crippen LogP contribution in [0.25, 0.3) is 0 Å². The van der Waals surface area contributed by atoms with Crippen molar-refractivity contribution in [2.45, 2.75) is 32.8 Å². The van der Waals surface area contributed by atoms with E-state index in [9.17, 15) is 9.59 Å². The molecule has 0 spiro atoms. The number of rotatable bonds is 4. The Morgan fingerprint density at radius 2 is 1.73 bits per heavy atom. The number of amides is 2. The molecule has 30 heavy (non-hydrogen) atoms. The van der Waals surface area contributed by atoms with Crippen molar-refractivity contribution in [2.75, 3.05) is 10.6 Å². The minimum atomic E-state index is -0.333. The Morgan fingerprint density at radius 3 is 2.50 bits per heavy atom. The van der Waals surface area contributed by atoms with Gasteiger partial charge in [0, 0.05) is 23.9 Å². The summed E-state index contributed by atoms with van der Waals surface area (Å²) in [6, 6.07) is 14.4. The van der Waals surface area contributed by atoms with Gasteiger partial charge in [-0.1, -0.05) is 18.2 Å². The van der Waals surface area contributed by atoms with E-state index < -0.39 is 0 Å². The smallest absolute Gasteiger partial charge is 0.259 e. The molecule has 152 valence electrons. The Labute approximate surface area is 175 Å². The molecule has 1 aromatic heterocycles. The van der Waals surface area contributed by atoms with Gasteiger partial charge in [-0.3, -0.25) is 14.6 Å². The van der Waals surface area contributed by atoms with Crippen LogP contribution in [-0.4, -0.2) is 22.4 Å². The maximum absolute atomic E-state index is 12.9. The number of carbonyl (C=O) groups excluding carboxylic acids is 2. The molecule has 2 aromatic carbocycles. The zero-order chi connectivity index (χ0) is 21.3. The summed E-state index contributed by atoms with van der Waals surface area (Å²) in [5.74, 6) is 0.0935. The van der Waals surface area contributed by atoms with Gasteiger partial charge >= 0.3 is 0 Å². The van der Waals surface area contributed by atoms with Gasteiger partial charge in [0.25, 0.3) is 11.8 Å². The average molecular weight is 401 g/mol. The predicted molar refractivity (Wildman–Crippen MR) is 116 cm³/mol. The molecule has 1 aliphatic rings. The second kappa shape index (κ2) is 7.63. The highest BCUT2D eigenvalue weighted by Gasteiger charge is 2.33. The first-order chi connectivity index (χ1) is 14.3. The van der Waals surface area contributed by atoms with Gasteiger partial charge in [0.15, 0.2) is 0 Å². The van der Waals surface area contributed by atoms with Gasteiger partial charge in [0.05, 0.1) is 17.4 Å². The van der Waals surface area contributed by atoms with E-state index in [2.05, 4.69) is 15.6 Å². The number of fused-ring (bicyclic) bond motifs is 1. The van der Waals surface area contributed by atoms with Gasteiger partial charge in [0.2, 0.25) is 0 Å². The van der Waals surface area contributed by atoms with Crippen LogP contribution < -0.4 is 15.4 Å². The third-order valence-corrected chi connectivity index (χ3v) is 5.00. The van der Waals surface area contributed by atoms with Crippen molar-refractivity contribution in [3.63, 3.8) is 0 Å². The number of ether oxygens (including phenoxy) is 1. The van der Waals surface area contributed by atoms with E-state index >= 15 is 0 Å². The fraction of sp³-hybridized carbons (Fsp3) is 0.208. The van der Waals surface area contributed by atoms with Crippen LogP contribution >= 0.6 is 0 Å². The lowest BCUT2D eigenvalue weighted by Gasteiger charge is -2.18. The van der Waals surface area contributed by atoms with Crippen LogP contribution in [0.2, 0.25) is 0 Å². The quantitative estimate of drug-likeness (QED) is 0.669. The molecule has 2 heterocycles. The molecule has 0 saturated carbocycles. The Morgan fingerprint density at radius 1 is 0.967 bits per heavy atom. The van der Waals surface area contributed by atoms with Crippen molar-refractivity contribution < 1.29 is 14.3 Å². The molecular weight excluding hydrogens is 378 g/mol. The summed E-state index contributed by atoms with van der Waals surface area (Å²) in [7, 11) is 0.